The molecule has 1 amide bonds. The Labute approximate surface area is 158 Å². The van der Waals surface area contributed by atoms with Crippen molar-refractivity contribution in [3.05, 3.63) is 58.3 Å². The summed E-state index contributed by atoms with van der Waals surface area (Å²) >= 11 is 3.14. The van der Waals surface area contributed by atoms with Crippen LogP contribution in [0.15, 0.2) is 56.8 Å². The number of nitrogens with one attached hydrogen (secondary N) is 2. The van der Waals surface area contributed by atoms with Gasteiger partial charge in [0.25, 0.3) is 15.9 Å². The molecule has 0 bridgehead atoms. The molecule has 0 aromatic heterocycles. The fourth-order valence-electron chi connectivity index (χ4n) is 2.45. The van der Waals surface area contributed by atoms with Crippen LogP contribution in [0, 0.1) is 5.82 Å². The van der Waals surface area contributed by atoms with Crippen LogP contribution in [-0.4, -0.2) is 26.7 Å². The first-order valence-corrected chi connectivity index (χ1v) is 10.1. The van der Waals surface area contributed by atoms with Gasteiger partial charge in [-0.15, -0.1) is 0 Å². The van der Waals surface area contributed by atoms with E-state index in [1.165, 1.54) is 36.4 Å². The number of aliphatic imine (C=N–C) groups is 1. The van der Waals surface area contributed by atoms with Gasteiger partial charge in [0, 0.05) is 23.1 Å². The van der Waals surface area contributed by atoms with Gasteiger partial charge in [-0.3, -0.25) is 14.5 Å². The number of carbonyl (C=O) groups is 1. The van der Waals surface area contributed by atoms with Gasteiger partial charge in [-0.25, -0.2) is 12.8 Å². The number of carbonyl (C=O) groups excluding carboxylic acids is 1. The zero-order valence-corrected chi connectivity index (χ0v) is 15.9. The average Bonchev–Trinajstić information content (AvgIpc) is 3.07. The molecule has 0 atom stereocenters. The zero-order valence-electron chi connectivity index (χ0n) is 13.5. The Hall–Kier alpha value is -2.26. The monoisotopic (exact) mass is 439 g/mol. The van der Waals surface area contributed by atoms with Crippen LogP contribution in [0.5, 0.6) is 0 Å². The van der Waals surface area contributed by atoms with E-state index in [9.17, 15) is 17.6 Å². The van der Waals surface area contributed by atoms with Crippen molar-refractivity contribution in [3.8, 4) is 0 Å². The molecule has 2 aromatic rings. The summed E-state index contributed by atoms with van der Waals surface area (Å²) in [4.78, 5) is 16.4. The molecule has 0 spiro atoms. The van der Waals surface area contributed by atoms with Crippen molar-refractivity contribution in [2.45, 2.75) is 17.7 Å². The van der Waals surface area contributed by atoms with Crippen molar-refractivity contribution in [3.63, 3.8) is 0 Å². The molecule has 1 aliphatic heterocycles. The van der Waals surface area contributed by atoms with Crippen LogP contribution in [0.4, 0.5) is 10.1 Å². The van der Waals surface area contributed by atoms with Crippen LogP contribution in [0.2, 0.25) is 0 Å². The molecular weight excluding hydrogens is 425 g/mol. The Balaban J connectivity index is 1.79. The molecular formula is C17H15BrFN3O3S. The molecule has 0 aliphatic carbocycles. The molecule has 6 nitrogen and oxygen atoms in total. The van der Waals surface area contributed by atoms with Gasteiger partial charge in [0.2, 0.25) is 0 Å². The summed E-state index contributed by atoms with van der Waals surface area (Å²) in [6.07, 6.45) is 1.41. The van der Waals surface area contributed by atoms with Crippen molar-refractivity contribution in [2.75, 3.05) is 11.9 Å². The Morgan fingerprint density at radius 3 is 2.69 bits per heavy atom. The standard InChI is InChI=1S/C17H15BrFN3O3S/c18-15-9-11(19)6-7-14(15)17(23)21-12-3-1-4-13(10-12)26(24,25)22-16-5-2-8-20-16/h1,3-4,6-7,9-10H,2,5,8H2,(H,20,22)(H,21,23). The molecule has 1 heterocycles. The van der Waals surface area contributed by atoms with E-state index in [-0.39, 0.29) is 10.5 Å². The third-order valence-corrected chi connectivity index (χ3v) is 5.74. The number of amidine groups is 1. The van der Waals surface area contributed by atoms with Gasteiger partial charge >= 0.3 is 0 Å². The van der Waals surface area contributed by atoms with Crippen LogP contribution >= 0.6 is 15.9 Å². The number of sulfonamides is 1. The summed E-state index contributed by atoms with van der Waals surface area (Å²) in [7, 11) is -3.77. The van der Waals surface area contributed by atoms with Crippen LogP contribution in [-0.2, 0) is 10.0 Å². The fourth-order valence-corrected chi connectivity index (χ4v) is 4.12. The quantitative estimate of drug-likeness (QED) is 0.765. The lowest BCUT2D eigenvalue weighted by atomic mass is 10.2. The van der Waals surface area contributed by atoms with Gasteiger partial charge in [0.05, 0.1) is 10.5 Å². The fraction of sp³-hybridized carbons (Fsp3) is 0.176. The largest absolute Gasteiger partial charge is 0.322 e. The van der Waals surface area contributed by atoms with Gasteiger partial charge in [-0.1, -0.05) is 6.07 Å². The lowest BCUT2D eigenvalue weighted by Gasteiger charge is -2.10. The van der Waals surface area contributed by atoms with Crippen molar-refractivity contribution >= 4 is 43.4 Å². The first kappa shape index (κ1) is 18.5. The van der Waals surface area contributed by atoms with Gasteiger partial charge < -0.3 is 5.32 Å². The Morgan fingerprint density at radius 2 is 2.00 bits per heavy atom. The highest BCUT2D eigenvalue weighted by Gasteiger charge is 2.19. The van der Waals surface area contributed by atoms with Crippen LogP contribution in [0.1, 0.15) is 23.2 Å². The molecule has 0 fully saturated rings. The number of anilines is 1. The maximum atomic E-state index is 13.1. The minimum Gasteiger partial charge on any atom is -0.322 e. The third kappa shape index (κ3) is 4.28. The number of halogens is 2. The van der Waals surface area contributed by atoms with Gasteiger partial charge in [0.15, 0.2) is 0 Å². The lowest BCUT2D eigenvalue weighted by molar-refractivity contribution is 0.102. The van der Waals surface area contributed by atoms with Crippen LogP contribution in [0.3, 0.4) is 0 Å². The van der Waals surface area contributed by atoms with E-state index in [2.05, 4.69) is 31.0 Å². The number of hydrogen-bond donors (Lipinski definition) is 2. The first-order valence-electron chi connectivity index (χ1n) is 7.78. The molecule has 2 N–H and O–H groups in total. The zero-order chi connectivity index (χ0) is 18.7. The van der Waals surface area contributed by atoms with Crippen molar-refractivity contribution in [1.29, 1.82) is 0 Å². The summed E-state index contributed by atoms with van der Waals surface area (Å²) in [6.45, 7) is 0.612. The maximum Gasteiger partial charge on any atom is 0.262 e. The Kier molecular flexibility index (Phi) is 5.38. The Morgan fingerprint density at radius 1 is 1.19 bits per heavy atom. The highest BCUT2D eigenvalue weighted by atomic mass is 79.9. The second kappa shape index (κ2) is 7.55. The van der Waals surface area contributed by atoms with E-state index in [4.69, 9.17) is 0 Å². The molecule has 0 saturated carbocycles. The predicted octanol–water partition coefficient (Wildman–Crippen LogP) is 3.31. The number of amides is 1. The van der Waals surface area contributed by atoms with Crippen molar-refractivity contribution in [1.82, 2.24) is 4.72 Å². The number of hydrogen-bond acceptors (Lipinski definition) is 4. The normalized spacial score (nSPS) is 14.0. The van der Waals surface area contributed by atoms with Crippen LogP contribution in [0.25, 0.3) is 0 Å². The summed E-state index contributed by atoms with van der Waals surface area (Å²) < 4.78 is 40.8. The smallest absolute Gasteiger partial charge is 0.262 e. The Bertz CT molecular complexity index is 992. The summed E-state index contributed by atoms with van der Waals surface area (Å²) in [5.74, 6) is -0.517. The number of rotatable bonds is 4. The lowest BCUT2D eigenvalue weighted by Crippen LogP contribution is -2.29. The van der Waals surface area contributed by atoms with E-state index in [0.29, 0.717) is 29.0 Å². The molecule has 9 heteroatoms. The molecule has 3 rings (SSSR count). The van der Waals surface area contributed by atoms with E-state index in [1.807, 2.05) is 0 Å². The van der Waals surface area contributed by atoms with Crippen molar-refractivity contribution in [2.24, 2.45) is 4.99 Å². The van der Waals surface area contributed by atoms with Crippen molar-refractivity contribution < 1.29 is 17.6 Å². The first-order chi connectivity index (χ1) is 12.3. The van der Waals surface area contributed by atoms with Crippen LogP contribution < -0.4 is 10.0 Å². The SMILES string of the molecule is O=C(Nc1cccc(S(=O)(=O)NC2=NCCC2)c1)c1ccc(F)cc1Br. The van der Waals surface area contributed by atoms with Gasteiger partial charge in [0.1, 0.15) is 11.7 Å². The third-order valence-electron chi connectivity index (χ3n) is 3.70. The topological polar surface area (TPSA) is 87.6 Å². The molecule has 1 aliphatic rings. The van der Waals surface area contributed by atoms with Gasteiger partial charge in [-0.05, 0) is 58.7 Å². The molecule has 136 valence electrons. The number of nitrogens with zero attached hydrogens (tertiary/aromatic N) is 1. The minimum atomic E-state index is -3.77. The molecule has 0 unspecified atom stereocenters. The predicted molar refractivity (Wildman–Crippen MR) is 100 cm³/mol. The summed E-state index contributed by atoms with van der Waals surface area (Å²) in [6, 6.07) is 9.58. The highest BCUT2D eigenvalue weighted by Crippen LogP contribution is 2.21. The molecule has 0 radical (unpaired) electrons. The molecule has 0 saturated heterocycles. The molecule has 26 heavy (non-hydrogen) atoms. The second-order valence-electron chi connectivity index (χ2n) is 5.64. The summed E-state index contributed by atoms with van der Waals surface area (Å²) in [5, 5.41) is 2.61. The second-order valence-corrected chi connectivity index (χ2v) is 8.18. The summed E-state index contributed by atoms with van der Waals surface area (Å²) in [5.41, 5.74) is 0.542. The van der Waals surface area contributed by atoms with E-state index >= 15 is 0 Å². The van der Waals surface area contributed by atoms with Gasteiger partial charge in [-0.2, -0.15) is 0 Å². The highest BCUT2D eigenvalue weighted by molar-refractivity contribution is 9.10. The average molecular weight is 440 g/mol. The van der Waals surface area contributed by atoms with E-state index in [0.717, 1.165) is 6.42 Å². The number of benzene rings is 2. The minimum absolute atomic E-state index is 0.0167. The maximum absolute atomic E-state index is 13.1. The molecule has 2 aromatic carbocycles. The van der Waals surface area contributed by atoms with E-state index < -0.39 is 21.7 Å². The van der Waals surface area contributed by atoms with E-state index in [1.54, 1.807) is 6.07 Å².